The summed E-state index contributed by atoms with van der Waals surface area (Å²) in [7, 11) is 0. The van der Waals surface area contributed by atoms with Crippen molar-refractivity contribution in [2.45, 2.75) is 25.5 Å². The molecule has 0 saturated carbocycles. The molecule has 1 aliphatic rings. The Hall–Kier alpha value is -2.87. The van der Waals surface area contributed by atoms with E-state index >= 15 is 0 Å². The van der Waals surface area contributed by atoms with Gasteiger partial charge in [-0.25, -0.2) is 4.99 Å². The predicted octanol–water partition coefficient (Wildman–Crippen LogP) is 5.35. The van der Waals surface area contributed by atoms with Crippen molar-refractivity contribution >= 4 is 6.40 Å². The van der Waals surface area contributed by atoms with Crippen molar-refractivity contribution in [3.05, 3.63) is 107 Å². The summed E-state index contributed by atoms with van der Waals surface area (Å²) in [6.07, 6.45) is 1.61. The predicted molar refractivity (Wildman–Crippen MR) is 102 cm³/mol. The lowest BCUT2D eigenvalue weighted by molar-refractivity contribution is 0.104. The standard InChI is InChI=1S/C23H21NO/c1-17-8-12-20(13-9-17)23(21-14-10-18(2)11-15-21)22(24-16-25-23)19-6-4-3-5-7-19/h3-16,22H,1-2H3/t22-/m1/s1. The SMILES string of the molecule is Cc1ccc(C2(c3ccc(C)cc3)OC=N[C@@H]2c2ccccc2)cc1. The third kappa shape index (κ3) is 2.64. The van der Waals surface area contributed by atoms with Crippen LogP contribution in [0, 0.1) is 13.8 Å². The average molecular weight is 327 g/mol. The lowest BCUT2D eigenvalue weighted by Crippen LogP contribution is -2.33. The summed E-state index contributed by atoms with van der Waals surface area (Å²) in [5, 5.41) is 0. The Balaban J connectivity index is 1.92. The van der Waals surface area contributed by atoms with E-state index in [0.29, 0.717) is 0 Å². The molecule has 1 aliphatic heterocycles. The van der Waals surface area contributed by atoms with Crippen LogP contribution in [0.3, 0.4) is 0 Å². The van der Waals surface area contributed by atoms with Gasteiger partial charge in [0.05, 0.1) is 0 Å². The van der Waals surface area contributed by atoms with Gasteiger partial charge in [0.25, 0.3) is 0 Å². The quantitative estimate of drug-likeness (QED) is 0.636. The number of benzene rings is 3. The second kappa shape index (κ2) is 6.21. The molecule has 2 nitrogen and oxygen atoms in total. The Kier molecular flexibility index (Phi) is 3.89. The smallest absolute Gasteiger partial charge is 0.186 e. The van der Waals surface area contributed by atoms with Crippen molar-refractivity contribution in [3.63, 3.8) is 0 Å². The molecule has 124 valence electrons. The van der Waals surface area contributed by atoms with Crippen LogP contribution in [0.15, 0.2) is 83.9 Å². The van der Waals surface area contributed by atoms with Crippen LogP contribution in [0.2, 0.25) is 0 Å². The molecule has 0 N–H and O–H groups in total. The summed E-state index contributed by atoms with van der Waals surface area (Å²) in [4.78, 5) is 4.71. The molecule has 4 rings (SSSR count). The number of hydrogen-bond donors (Lipinski definition) is 0. The maximum atomic E-state index is 6.27. The molecule has 2 heteroatoms. The molecule has 25 heavy (non-hydrogen) atoms. The van der Waals surface area contributed by atoms with E-state index in [4.69, 9.17) is 9.73 Å². The van der Waals surface area contributed by atoms with Gasteiger partial charge in [-0.05, 0) is 19.4 Å². The van der Waals surface area contributed by atoms with Crippen molar-refractivity contribution in [1.82, 2.24) is 0 Å². The van der Waals surface area contributed by atoms with Crippen molar-refractivity contribution in [2.75, 3.05) is 0 Å². The van der Waals surface area contributed by atoms with Gasteiger partial charge in [0.2, 0.25) is 0 Å². The Labute approximate surface area is 148 Å². The Bertz CT molecular complexity index is 834. The minimum atomic E-state index is -0.636. The van der Waals surface area contributed by atoms with Crippen molar-refractivity contribution < 1.29 is 4.74 Å². The van der Waals surface area contributed by atoms with Gasteiger partial charge < -0.3 is 4.74 Å². The van der Waals surface area contributed by atoms with Gasteiger partial charge in [-0.15, -0.1) is 0 Å². The molecule has 0 unspecified atom stereocenters. The fraction of sp³-hybridized carbons (Fsp3) is 0.174. The molecular weight excluding hydrogens is 306 g/mol. The zero-order valence-electron chi connectivity index (χ0n) is 14.5. The van der Waals surface area contributed by atoms with E-state index in [1.807, 2.05) is 6.07 Å². The summed E-state index contributed by atoms with van der Waals surface area (Å²) in [6, 6.07) is 27.4. The highest BCUT2D eigenvalue weighted by Gasteiger charge is 2.47. The second-order valence-corrected chi connectivity index (χ2v) is 6.65. The maximum Gasteiger partial charge on any atom is 0.186 e. The molecule has 0 aromatic heterocycles. The van der Waals surface area contributed by atoms with Gasteiger partial charge in [0.1, 0.15) is 6.04 Å². The molecule has 0 fully saturated rings. The minimum absolute atomic E-state index is 0.112. The summed E-state index contributed by atoms with van der Waals surface area (Å²) in [6.45, 7) is 4.20. The van der Waals surface area contributed by atoms with Gasteiger partial charge in [0.15, 0.2) is 12.0 Å². The molecule has 3 aromatic rings. The fourth-order valence-electron chi connectivity index (χ4n) is 3.52. The average Bonchev–Trinajstić information content (AvgIpc) is 3.09. The van der Waals surface area contributed by atoms with E-state index in [1.165, 1.54) is 11.1 Å². The van der Waals surface area contributed by atoms with Gasteiger partial charge in [-0.3, -0.25) is 0 Å². The van der Waals surface area contributed by atoms with Crippen LogP contribution in [0.1, 0.15) is 33.9 Å². The van der Waals surface area contributed by atoms with E-state index in [-0.39, 0.29) is 6.04 Å². The third-order valence-corrected chi connectivity index (χ3v) is 4.91. The van der Waals surface area contributed by atoms with Gasteiger partial charge in [-0.2, -0.15) is 0 Å². The van der Waals surface area contributed by atoms with Crippen molar-refractivity contribution in [2.24, 2.45) is 4.99 Å². The molecule has 0 saturated heterocycles. The molecule has 0 amide bonds. The largest absolute Gasteiger partial charge is 0.465 e. The monoisotopic (exact) mass is 327 g/mol. The van der Waals surface area contributed by atoms with Crippen LogP contribution in [-0.4, -0.2) is 6.40 Å². The zero-order valence-corrected chi connectivity index (χ0v) is 14.5. The lowest BCUT2D eigenvalue weighted by Gasteiger charge is -2.34. The molecular formula is C23H21NO. The van der Waals surface area contributed by atoms with Crippen LogP contribution >= 0.6 is 0 Å². The van der Waals surface area contributed by atoms with Crippen molar-refractivity contribution in [3.8, 4) is 0 Å². The fourth-order valence-corrected chi connectivity index (χ4v) is 3.52. The number of hydrogen-bond acceptors (Lipinski definition) is 2. The molecule has 0 bridgehead atoms. The first-order valence-corrected chi connectivity index (χ1v) is 8.59. The first-order valence-electron chi connectivity index (χ1n) is 8.59. The molecule has 1 heterocycles. The van der Waals surface area contributed by atoms with Crippen LogP contribution in [0.4, 0.5) is 0 Å². The number of ether oxygens (including phenoxy) is 1. The van der Waals surface area contributed by atoms with Crippen molar-refractivity contribution in [1.29, 1.82) is 0 Å². The Morgan fingerprint density at radius 1 is 0.720 bits per heavy atom. The first kappa shape index (κ1) is 15.6. The zero-order chi connectivity index (χ0) is 17.3. The summed E-state index contributed by atoms with van der Waals surface area (Å²) < 4.78 is 6.27. The normalized spacial score (nSPS) is 18.1. The molecule has 1 atom stereocenters. The highest BCUT2D eigenvalue weighted by molar-refractivity contribution is 5.58. The third-order valence-electron chi connectivity index (χ3n) is 4.91. The summed E-state index contributed by atoms with van der Waals surface area (Å²) in [5.74, 6) is 0. The number of aryl methyl sites for hydroxylation is 2. The molecule has 3 aromatic carbocycles. The maximum absolute atomic E-state index is 6.27. The topological polar surface area (TPSA) is 21.6 Å². The molecule has 0 aliphatic carbocycles. The van der Waals surface area contributed by atoms with E-state index in [2.05, 4.69) is 86.6 Å². The number of aliphatic imine (C=N–C) groups is 1. The molecule has 0 spiro atoms. The summed E-state index contributed by atoms with van der Waals surface area (Å²) >= 11 is 0. The van der Waals surface area contributed by atoms with Gasteiger partial charge >= 0.3 is 0 Å². The van der Waals surface area contributed by atoms with Crippen LogP contribution in [0.5, 0.6) is 0 Å². The van der Waals surface area contributed by atoms with Gasteiger partial charge in [-0.1, -0.05) is 90.0 Å². The van der Waals surface area contributed by atoms with Crippen LogP contribution in [0.25, 0.3) is 0 Å². The Morgan fingerprint density at radius 3 is 1.76 bits per heavy atom. The van der Waals surface area contributed by atoms with E-state index in [9.17, 15) is 0 Å². The number of nitrogens with zero attached hydrogens (tertiary/aromatic N) is 1. The lowest BCUT2D eigenvalue weighted by atomic mass is 9.77. The highest BCUT2D eigenvalue weighted by atomic mass is 16.5. The van der Waals surface area contributed by atoms with Crippen LogP contribution in [-0.2, 0) is 10.3 Å². The summed E-state index contributed by atoms with van der Waals surface area (Å²) in [5.41, 5.74) is 5.22. The van der Waals surface area contributed by atoms with E-state index in [0.717, 1.165) is 16.7 Å². The van der Waals surface area contributed by atoms with Crippen LogP contribution < -0.4 is 0 Å². The van der Waals surface area contributed by atoms with E-state index in [1.54, 1.807) is 6.40 Å². The Morgan fingerprint density at radius 2 is 1.24 bits per heavy atom. The molecule has 0 radical (unpaired) electrons. The highest BCUT2D eigenvalue weighted by Crippen LogP contribution is 2.48. The van der Waals surface area contributed by atoms with E-state index < -0.39 is 5.60 Å². The minimum Gasteiger partial charge on any atom is -0.465 e. The number of rotatable bonds is 3. The van der Waals surface area contributed by atoms with Gasteiger partial charge in [0, 0.05) is 11.1 Å². The second-order valence-electron chi connectivity index (χ2n) is 6.65. The first-order chi connectivity index (χ1) is 12.2.